The summed E-state index contributed by atoms with van der Waals surface area (Å²) in [6.07, 6.45) is 2.95. The number of ether oxygens (including phenoxy) is 1. The predicted molar refractivity (Wildman–Crippen MR) is 103 cm³/mol. The first kappa shape index (κ1) is 19.0. The van der Waals surface area contributed by atoms with Gasteiger partial charge in [-0.15, -0.1) is 0 Å². The molecule has 0 amide bonds. The molecule has 0 saturated carbocycles. The maximum atomic E-state index is 13.2. The van der Waals surface area contributed by atoms with Gasteiger partial charge in [0.25, 0.3) is 0 Å². The second-order valence-corrected chi connectivity index (χ2v) is 6.71. The minimum Gasteiger partial charge on any atom is -0.465 e. The van der Waals surface area contributed by atoms with E-state index in [1.807, 2.05) is 24.3 Å². The van der Waals surface area contributed by atoms with Gasteiger partial charge in [0.15, 0.2) is 5.78 Å². The van der Waals surface area contributed by atoms with Gasteiger partial charge in [0.2, 0.25) is 0 Å². The molecule has 2 atom stereocenters. The standard InChI is InChI=1S/C23H23FO3/c1-3-15-5-7-17(8-6-15)20-13-18(16-9-11-19(24)12-10-16)14-21(25)22(20)23(26)27-4-2/h5-12,14,20,22H,3-4,13H2,1-2H3/t20-,22-/m0/s1. The first-order valence-corrected chi connectivity index (χ1v) is 9.29. The lowest BCUT2D eigenvalue weighted by Gasteiger charge is -2.29. The number of rotatable bonds is 5. The molecular weight excluding hydrogens is 343 g/mol. The van der Waals surface area contributed by atoms with Gasteiger partial charge >= 0.3 is 5.97 Å². The summed E-state index contributed by atoms with van der Waals surface area (Å²) in [5.74, 6) is -2.21. The Bertz CT molecular complexity index is 850. The fourth-order valence-corrected chi connectivity index (χ4v) is 3.56. The summed E-state index contributed by atoms with van der Waals surface area (Å²) >= 11 is 0. The minimum atomic E-state index is -0.846. The molecule has 0 N–H and O–H groups in total. The molecule has 140 valence electrons. The third-order valence-electron chi connectivity index (χ3n) is 5.04. The second kappa shape index (κ2) is 8.30. The van der Waals surface area contributed by atoms with E-state index in [0.717, 1.165) is 23.1 Å². The Kier molecular flexibility index (Phi) is 5.84. The molecule has 0 unspecified atom stereocenters. The average Bonchev–Trinajstić information content (AvgIpc) is 2.68. The Hall–Kier alpha value is -2.75. The molecule has 0 heterocycles. The molecular formula is C23H23FO3. The van der Waals surface area contributed by atoms with Crippen molar-refractivity contribution in [1.29, 1.82) is 0 Å². The molecule has 0 aliphatic heterocycles. The lowest BCUT2D eigenvalue weighted by atomic mass is 9.73. The van der Waals surface area contributed by atoms with Crippen molar-refractivity contribution in [3.63, 3.8) is 0 Å². The summed E-state index contributed by atoms with van der Waals surface area (Å²) in [4.78, 5) is 25.3. The van der Waals surface area contributed by atoms with Crippen LogP contribution in [0.4, 0.5) is 4.39 Å². The first-order valence-electron chi connectivity index (χ1n) is 9.29. The van der Waals surface area contributed by atoms with Crippen molar-refractivity contribution < 1.29 is 18.7 Å². The number of ketones is 1. The van der Waals surface area contributed by atoms with Crippen LogP contribution in [0.5, 0.6) is 0 Å². The highest BCUT2D eigenvalue weighted by Crippen LogP contribution is 2.40. The number of esters is 1. The molecule has 27 heavy (non-hydrogen) atoms. The molecule has 1 aliphatic carbocycles. The number of hydrogen-bond acceptors (Lipinski definition) is 3. The molecule has 4 heteroatoms. The maximum absolute atomic E-state index is 13.2. The summed E-state index contributed by atoms with van der Waals surface area (Å²) in [6, 6.07) is 14.1. The van der Waals surface area contributed by atoms with Gasteiger partial charge in [-0.3, -0.25) is 9.59 Å². The largest absolute Gasteiger partial charge is 0.465 e. The summed E-state index contributed by atoms with van der Waals surface area (Å²) in [7, 11) is 0. The third-order valence-corrected chi connectivity index (χ3v) is 5.04. The molecule has 0 fully saturated rings. The number of hydrogen-bond donors (Lipinski definition) is 0. The minimum absolute atomic E-state index is 0.235. The van der Waals surface area contributed by atoms with Crippen LogP contribution in [-0.4, -0.2) is 18.4 Å². The third kappa shape index (κ3) is 4.16. The van der Waals surface area contributed by atoms with Crippen molar-refractivity contribution in [3.8, 4) is 0 Å². The van der Waals surface area contributed by atoms with Crippen LogP contribution in [0, 0.1) is 11.7 Å². The first-order chi connectivity index (χ1) is 13.0. The van der Waals surface area contributed by atoms with Crippen LogP contribution in [0.15, 0.2) is 54.6 Å². The molecule has 2 aromatic rings. The Morgan fingerprint density at radius 3 is 2.33 bits per heavy atom. The fraction of sp³-hybridized carbons (Fsp3) is 0.304. The highest BCUT2D eigenvalue weighted by Gasteiger charge is 2.39. The summed E-state index contributed by atoms with van der Waals surface area (Å²) in [5.41, 5.74) is 3.74. The van der Waals surface area contributed by atoms with Crippen molar-refractivity contribution in [2.75, 3.05) is 6.61 Å². The molecule has 3 rings (SSSR count). The maximum Gasteiger partial charge on any atom is 0.317 e. The zero-order chi connectivity index (χ0) is 19.4. The fourth-order valence-electron chi connectivity index (χ4n) is 3.56. The number of allylic oxidation sites excluding steroid dienone is 2. The van der Waals surface area contributed by atoms with Crippen molar-refractivity contribution in [2.24, 2.45) is 5.92 Å². The Balaban J connectivity index is 1.99. The number of aryl methyl sites for hydroxylation is 1. The molecule has 0 spiro atoms. The molecule has 0 saturated heterocycles. The van der Waals surface area contributed by atoms with Crippen molar-refractivity contribution in [2.45, 2.75) is 32.6 Å². The van der Waals surface area contributed by atoms with Gasteiger partial charge in [-0.1, -0.05) is 43.3 Å². The van der Waals surface area contributed by atoms with Gasteiger partial charge < -0.3 is 4.74 Å². The van der Waals surface area contributed by atoms with Crippen LogP contribution in [0.3, 0.4) is 0 Å². The number of carbonyl (C=O) groups is 2. The van der Waals surface area contributed by atoms with E-state index in [1.165, 1.54) is 23.8 Å². The Labute approximate surface area is 158 Å². The molecule has 0 aromatic heterocycles. The summed E-state index contributed by atoms with van der Waals surface area (Å²) in [6.45, 7) is 4.05. The van der Waals surface area contributed by atoms with Gasteiger partial charge in [-0.2, -0.15) is 0 Å². The molecule has 3 nitrogen and oxygen atoms in total. The normalized spacial score (nSPS) is 19.5. The lowest BCUT2D eigenvalue weighted by molar-refractivity contribution is -0.151. The van der Waals surface area contributed by atoms with Crippen LogP contribution in [0.2, 0.25) is 0 Å². The highest BCUT2D eigenvalue weighted by molar-refractivity contribution is 6.10. The molecule has 0 bridgehead atoms. The molecule has 0 radical (unpaired) electrons. The van der Waals surface area contributed by atoms with Crippen LogP contribution in [-0.2, 0) is 20.7 Å². The van der Waals surface area contributed by atoms with Gasteiger partial charge in [-0.25, -0.2) is 4.39 Å². The Morgan fingerprint density at radius 1 is 1.07 bits per heavy atom. The predicted octanol–water partition coefficient (Wildman–Crippen LogP) is 4.71. The summed E-state index contributed by atoms with van der Waals surface area (Å²) < 4.78 is 18.4. The van der Waals surface area contributed by atoms with E-state index in [0.29, 0.717) is 6.42 Å². The van der Waals surface area contributed by atoms with Crippen LogP contribution >= 0.6 is 0 Å². The van der Waals surface area contributed by atoms with Crippen molar-refractivity contribution in [1.82, 2.24) is 0 Å². The summed E-state index contributed by atoms with van der Waals surface area (Å²) in [5, 5.41) is 0. The molecule has 2 aromatic carbocycles. The van der Waals surface area contributed by atoms with E-state index in [1.54, 1.807) is 19.1 Å². The highest BCUT2D eigenvalue weighted by atomic mass is 19.1. The number of benzene rings is 2. The smallest absolute Gasteiger partial charge is 0.317 e. The zero-order valence-corrected chi connectivity index (χ0v) is 15.6. The second-order valence-electron chi connectivity index (χ2n) is 6.71. The van der Waals surface area contributed by atoms with E-state index in [4.69, 9.17) is 4.74 Å². The van der Waals surface area contributed by atoms with E-state index < -0.39 is 11.9 Å². The van der Waals surface area contributed by atoms with Crippen molar-refractivity contribution in [3.05, 3.63) is 77.1 Å². The van der Waals surface area contributed by atoms with Gasteiger partial charge in [0, 0.05) is 5.92 Å². The number of carbonyl (C=O) groups excluding carboxylic acids is 2. The van der Waals surface area contributed by atoms with E-state index in [2.05, 4.69) is 6.92 Å². The number of halogens is 1. The topological polar surface area (TPSA) is 43.4 Å². The van der Waals surface area contributed by atoms with E-state index in [-0.39, 0.29) is 24.1 Å². The zero-order valence-electron chi connectivity index (χ0n) is 15.6. The SMILES string of the molecule is CCOC(=O)[C@@H]1C(=O)C=C(c2ccc(F)cc2)C[C@H]1c1ccc(CC)cc1. The quantitative estimate of drug-likeness (QED) is 0.569. The monoisotopic (exact) mass is 366 g/mol. The van der Waals surface area contributed by atoms with E-state index >= 15 is 0 Å². The molecule has 1 aliphatic rings. The van der Waals surface area contributed by atoms with Crippen LogP contribution in [0.25, 0.3) is 5.57 Å². The Morgan fingerprint density at radius 2 is 1.74 bits per heavy atom. The van der Waals surface area contributed by atoms with E-state index in [9.17, 15) is 14.0 Å². The van der Waals surface area contributed by atoms with Crippen molar-refractivity contribution >= 4 is 17.3 Å². The van der Waals surface area contributed by atoms with Gasteiger partial charge in [0.05, 0.1) is 6.61 Å². The van der Waals surface area contributed by atoms with Gasteiger partial charge in [-0.05, 0) is 60.2 Å². The average molecular weight is 366 g/mol. The van der Waals surface area contributed by atoms with Crippen LogP contribution in [0.1, 0.15) is 42.9 Å². The van der Waals surface area contributed by atoms with Crippen LogP contribution < -0.4 is 0 Å². The lowest BCUT2D eigenvalue weighted by Crippen LogP contribution is -2.34. The van der Waals surface area contributed by atoms with Gasteiger partial charge in [0.1, 0.15) is 11.7 Å².